The van der Waals surface area contributed by atoms with Crippen LogP contribution in [0.15, 0.2) is 0 Å². The first-order chi connectivity index (χ1) is 21.6. The lowest BCUT2D eigenvalue weighted by molar-refractivity contribution is 0.510. The fourth-order valence-corrected chi connectivity index (χ4v) is 8.62. The molecular weight excluding hydrogens is 615 g/mol. The maximum absolute atomic E-state index is 5.93. The molecule has 0 N–H and O–H groups in total. The van der Waals surface area contributed by atoms with E-state index >= 15 is 0 Å². The summed E-state index contributed by atoms with van der Waals surface area (Å²) < 4.78 is 0. The Morgan fingerprint density at radius 3 is 0.500 bits per heavy atom. The van der Waals surface area contributed by atoms with Crippen LogP contribution in [0.4, 0.5) is 0 Å². The summed E-state index contributed by atoms with van der Waals surface area (Å²) in [5, 5.41) is 0. The monoisotopic (exact) mass is 695 g/mol. The highest BCUT2D eigenvalue weighted by atomic mass is 35.8. The van der Waals surface area contributed by atoms with E-state index in [0.717, 1.165) is 12.5 Å². The zero-order valence-electron chi connectivity index (χ0n) is 30.2. The van der Waals surface area contributed by atoms with Gasteiger partial charge in [0.05, 0.1) is 0 Å². The lowest BCUT2D eigenvalue weighted by Crippen LogP contribution is -2.07. The zero-order valence-corrected chi connectivity index (χ0v) is 33.5. The van der Waals surface area contributed by atoms with E-state index in [-0.39, 0.29) is 0 Å². The highest BCUT2D eigenvalue weighted by Gasteiger charge is 2.23. The Bertz CT molecular complexity index is 507. The van der Waals surface area contributed by atoms with E-state index in [1.54, 1.807) is 0 Å². The molecule has 0 spiro atoms. The SMILES string of the molecule is CCCCCCCCCCCCCCCCCCCCCCCCCCCCCCCCCCCCCCCC[Si](Cl)(Cl)Cl. The third kappa shape index (κ3) is 43.1. The average molecular weight is 697 g/mol. The molecule has 0 saturated carbocycles. The number of rotatable bonds is 39. The largest absolute Gasteiger partial charge is 0.341 e. The molecule has 0 amide bonds. The topological polar surface area (TPSA) is 0 Å². The minimum atomic E-state index is -2.37. The second-order valence-corrected chi connectivity index (χ2v) is 23.7. The highest BCUT2D eigenvalue weighted by molar-refractivity contribution is 7.64. The Morgan fingerprint density at radius 1 is 0.227 bits per heavy atom. The maximum atomic E-state index is 5.93. The van der Waals surface area contributed by atoms with Crippen LogP contribution in [-0.2, 0) is 0 Å². The molecule has 0 aromatic carbocycles. The molecule has 0 atom stereocenters. The fraction of sp³-hybridized carbons (Fsp3) is 1.00. The molecule has 0 aliphatic carbocycles. The molecule has 0 aromatic heterocycles. The lowest BCUT2D eigenvalue weighted by Gasteiger charge is -2.07. The molecule has 0 aliphatic rings. The van der Waals surface area contributed by atoms with E-state index < -0.39 is 6.00 Å². The van der Waals surface area contributed by atoms with Crippen LogP contribution >= 0.6 is 33.2 Å². The van der Waals surface area contributed by atoms with Gasteiger partial charge in [-0.2, -0.15) is 0 Å². The number of hydrogen-bond acceptors (Lipinski definition) is 0. The molecule has 0 aliphatic heterocycles. The van der Waals surface area contributed by atoms with Crippen molar-refractivity contribution in [3.05, 3.63) is 0 Å². The molecule has 4 heteroatoms. The molecule has 44 heavy (non-hydrogen) atoms. The number of halogens is 3. The van der Waals surface area contributed by atoms with Crippen LogP contribution < -0.4 is 0 Å². The minimum Gasteiger partial charge on any atom is -0.126 e. The highest BCUT2D eigenvalue weighted by Crippen LogP contribution is 2.27. The Hall–Kier alpha value is 1.09. The predicted octanol–water partition coefficient (Wildman–Crippen LogP) is 17.5. The third-order valence-electron chi connectivity index (χ3n) is 9.81. The first-order valence-corrected chi connectivity index (χ1v) is 25.9. The van der Waals surface area contributed by atoms with Crippen molar-refractivity contribution < 1.29 is 0 Å². The van der Waals surface area contributed by atoms with Gasteiger partial charge in [-0.25, -0.2) is 0 Å². The smallest absolute Gasteiger partial charge is 0.126 e. The van der Waals surface area contributed by atoms with Crippen molar-refractivity contribution in [3.63, 3.8) is 0 Å². The van der Waals surface area contributed by atoms with Gasteiger partial charge in [-0.3, -0.25) is 0 Å². The lowest BCUT2D eigenvalue weighted by atomic mass is 10.0. The van der Waals surface area contributed by atoms with E-state index in [9.17, 15) is 0 Å². The summed E-state index contributed by atoms with van der Waals surface area (Å²) in [4.78, 5) is 0. The van der Waals surface area contributed by atoms with Crippen molar-refractivity contribution in [1.29, 1.82) is 0 Å². The van der Waals surface area contributed by atoms with Gasteiger partial charge >= 0.3 is 6.00 Å². The van der Waals surface area contributed by atoms with Crippen molar-refractivity contribution in [2.45, 2.75) is 257 Å². The Labute approximate surface area is 294 Å². The molecule has 266 valence electrons. The standard InChI is InChI=1S/C40H81Cl3Si/c1-2-3-4-5-6-7-8-9-10-11-12-13-14-15-16-17-18-19-20-21-22-23-24-25-26-27-28-29-30-31-32-33-34-35-36-37-38-39-40-44(41,42)43/h2-40H2,1H3. The van der Waals surface area contributed by atoms with Gasteiger partial charge in [0.1, 0.15) is 0 Å². The Kier molecular flexibility index (Phi) is 39.5. The normalized spacial score (nSPS) is 12.0. The van der Waals surface area contributed by atoms with E-state index in [4.69, 9.17) is 33.2 Å². The van der Waals surface area contributed by atoms with Gasteiger partial charge in [0, 0.05) is 0 Å². The fourth-order valence-electron chi connectivity index (χ4n) is 6.76. The van der Waals surface area contributed by atoms with Crippen molar-refractivity contribution in [2.75, 3.05) is 0 Å². The van der Waals surface area contributed by atoms with Crippen molar-refractivity contribution in [2.24, 2.45) is 0 Å². The molecule has 0 nitrogen and oxygen atoms in total. The quantitative estimate of drug-likeness (QED) is 0.0341. The van der Waals surface area contributed by atoms with Crippen LogP contribution in [0.25, 0.3) is 0 Å². The first kappa shape index (κ1) is 45.1. The van der Waals surface area contributed by atoms with Crippen LogP contribution in [0.3, 0.4) is 0 Å². The molecule has 0 aromatic rings. The summed E-state index contributed by atoms with van der Waals surface area (Å²) >= 11 is 17.8. The molecule has 0 saturated heterocycles. The summed E-state index contributed by atoms with van der Waals surface area (Å²) in [5.74, 6) is 0. The number of unbranched alkanes of at least 4 members (excludes halogenated alkanes) is 37. The summed E-state index contributed by atoms with van der Waals surface area (Å²) in [6, 6.07) is -1.54. The average Bonchev–Trinajstić information content (AvgIpc) is 3.00. The van der Waals surface area contributed by atoms with E-state index in [1.165, 1.54) is 238 Å². The molecular formula is C40H81Cl3Si. The second kappa shape index (κ2) is 38.5. The van der Waals surface area contributed by atoms with Crippen LogP contribution in [0.1, 0.15) is 251 Å². The van der Waals surface area contributed by atoms with Crippen LogP contribution in [0, 0.1) is 0 Å². The van der Waals surface area contributed by atoms with E-state index in [1.807, 2.05) is 0 Å². The van der Waals surface area contributed by atoms with Gasteiger partial charge in [0.2, 0.25) is 0 Å². The van der Waals surface area contributed by atoms with E-state index in [2.05, 4.69) is 6.92 Å². The Morgan fingerprint density at radius 2 is 0.364 bits per heavy atom. The molecule has 0 unspecified atom stereocenters. The van der Waals surface area contributed by atoms with Crippen molar-refractivity contribution in [3.8, 4) is 0 Å². The Balaban J connectivity index is 3.05. The summed E-state index contributed by atoms with van der Waals surface area (Å²) in [6.07, 6.45) is 55.0. The van der Waals surface area contributed by atoms with Crippen molar-refractivity contribution in [1.82, 2.24) is 0 Å². The van der Waals surface area contributed by atoms with Gasteiger partial charge in [0.15, 0.2) is 0 Å². The van der Waals surface area contributed by atoms with Gasteiger partial charge < -0.3 is 0 Å². The van der Waals surface area contributed by atoms with Crippen LogP contribution in [-0.4, -0.2) is 6.00 Å². The molecule has 0 heterocycles. The maximum Gasteiger partial charge on any atom is 0.341 e. The number of hydrogen-bond donors (Lipinski definition) is 0. The van der Waals surface area contributed by atoms with Crippen LogP contribution in [0.2, 0.25) is 6.04 Å². The summed E-state index contributed by atoms with van der Waals surface area (Å²) in [5.41, 5.74) is 0. The predicted molar refractivity (Wildman–Crippen MR) is 209 cm³/mol. The summed E-state index contributed by atoms with van der Waals surface area (Å²) in [6.45, 7) is 2.31. The minimum absolute atomic E-state index is 0.831. The first-order valence-electron chi connectivity index (χ1n) is 20.6. The van der Waals surface area contributed by atoms with Gasteiger partial charge in [0.25, 0.3) is 0 Å². The molecule has 0 radical (unpaired) electrons. The van der Waals surface area contributed by atoms with Gasteiger partial charge in [-0.05, 0) is 6.04 Å². The van der Waals surface area contributed by atoms with Crippen molar-refractivity contribution >= 4 is 39.2 Å². The molecule has 0 bridgehead atoms. The van der Waals surface area contributed by atoms with E-state index in [0.29, 0.717) is 0 Å². The molecule has 0 rings (SSSR count). The zero-order chi connectivity index (χ0) is 32.1. The van der Waals surface area contributed by atoms with Gasteiger partial charge in [-0.15, -0.1) is 33.2 Å². The second-order valence-electron chi connectivity index (χ2n) is 14.4. The van der Waals surface area contributed by atoms with Gasteiger partial charge in [-0.1, -0.05) is 251 Å². The molecule has 0 fully saturated rings. The van der Waals surface area contributed by atoms with Crippen LogP contribution in [0.5, 0.6) is 0 Å². The third-order valence-corrected chi connectivity index (χ3v) is 12.4. The summed E-state index contributed by atoms with van der Waals surface area (Å²) in [7, 11) is 0.